The lowest BCUT2D eigenvalue weighted by Crippen LogP contribution is -2.60. The molecule has 0 heterocycles. The van der Waals surface area contributed by atoms with Crippen LogP contribution in [0.3, 0.4) is 0 Å². The number of carboxylic acid groups (broad SMARTS) is 3. The molecule has 0 rings (SSSR count). The SMILES string of the molecule is CC[C@H](C)[C@H](NC(=O)[C@@H](N)CS)C(=O)NCC(=O)N[C@@H](CCC(=O)O)C(=O)N[C@H](C(=O)N[C@@H](CCC(=O)O)C(=O)N[C@H](C(=O)N[C@@H](CS)C(=O)O)C(C)C)C(C)C. The molecule has 0 aliphatic carbocycles. The zero-order valence-corrected chi connectivity index (χ0v) is 34.6. The molecule has 0 saturated carbocycles. The van der Waals surface area contributed by atoms with Gasteiger partial charge in [-0.3, -0.25) is 43.2 Å². The number of rotatable bonds is 27. The van der Waals surface area contributed by atoms with Crippen molar-refractivity contribution in [2.75, 3.05) is 18.1 Å². The quantitative estimate of drug-likeness (QED) is 0.0377. The minimum Gasteiger partial charge on any atom is -0.481 e. The molecule has 12 N–H and O–H groups in total. The van der Waals surface area contributed by atoms with Gasteiger partial charge in [0.25, 0.3) is 0 Å². The van der Waals surface area contributed by atoms with Crippen molar-refractivity contribution in [2.45, 2.75) is 116 Å². The number of hydrogen-bond donors (Lipinski definition) is 13. The van der Waals surface area contributed by atoms with Crippen LogP contribution in [-0.4, -0.2) is 135 Å². The Bertz CT molecular complexity index is 1450. The number of carboxylic acids is 3. The molecule has 324 valence electrons. The van der Waals surface area contributed by atoms with Crippen molar-refractivity contribution in [3.8, 4) is 0 Å². The molecule has 0 aromatic carbocycles. The number of carbonyl (C=O) groups excluding carboxylic acids is 7. The highest BCUT2D eigenvalue weighted by Gasteiger charge is 2.35. The molecule has 8 atom stereocenters. The zero-order valence-electron chi connectivity index (χ0n) is 32.8. The van der Waals surface area contributed by atoms with Gasteiger partial charge in [-0.25, -0.2) is 4.79 Å². The first-order chi connectivity index (χ1) is 26.5. The van der Waals surface area contributed by atoms with Crippen LogP contribution in [0.1, 0.15) is 73.6 Å². The van der Waals surface area contributed by atoms with Gasteiger partial charge in [-0.1, -0.05) is 48.0 Å². The summed E-state index contributed by atoms with van der Waals surface area (Å²) in [5.41, 5.74) is 5.70. The highest BCUT2D eigenvalue weighted by molar-refractivity contribution is 7.80. The molecule has 0 fully saturated rings. The summed E-state index contributed by atoms with van der Waals surface area (Å²) in [7, 11) is 0. The summed E-state index contributed by atoms with van der Waals surface area (Å²) < 4.78 is 0. The van der Waals surface area contributed by atoms with Crippen LogP contribution in [0.4, 0.5) is 0 Å². The lowest BCUT2D eigenvalue weighted by atomic mass is 9.98. The summed E-state index contributed by atoms with van der Waals surface area (Å²) in [6, 6.07) is -9.31. The van der Waals surface area contributed by atoms with Gasteiger partial charge >= 0.3 is 17.9 Å². The monoisotopic (exact) mass is 850 g/mol. The molecular weight excluding hydrogens is 793 g/mol. The summed E-state index contributed by atoms with van der Waals surface area (Å²) in [5.74, 6) is -12.1. The van der Waals surface area contributed by atoms with E-state index < -0.39 is 146 Å². The smallest absolute Gasteiger partial charge is 0.327 e. The summed E-state index contributed by atoms with van der Waals surface area (Å²) in [4.78, 5) is 126. The Morgan fingerprint density at radius 3 is 1.33 bits per heavy atom. The molecule has 0 aliphatic heterocycles. The summed E-state index contributed by atoms with van der Waals surface area (Å²) in [5, 5.41) is 44.6. The third-order valence-corrected chi connectivity index (χ3v) is 9.38. The van der Waals surface area contributed by atoms with Crippen molar-refractivity contribution >= 4 is 84.5 Å². The fourth-order valence-electron chi connectivity index (χ4n) is 4.93. The molecule has 0 aromatic heterocycles. The molecule has 57 heavy (non-hydrogen) atoms. The maximum atomic E-state index is 13.6. The predicted molar refractivity (Wildman–Crippen MR) is 211 cm³/mol. The Hall–Kier alpha value is -4.64. The fraction of sp³-hybridized carbons (Fsp3) is 0.706. The van der Waals surface area contributed by atoms with Gasteiger partial charge < -0.3 is 58.3 Å². The van der Waals surface area contributed by atoms with Gasteiger partial charge in [0.2, 0.25) is 41.4 Å². The summed E-state index contributed by atoms with van der Waals surface area (Å²) >= 11 is 7.87. The molecule has 0 bridgehead atoms. The number of nitrogens with two attached hydrogens (primary N) is 1. The van der Waals surface area contributed by atoms with E-state index in [0.29, 0.717) is 6.42 Å². The third-order valence-electron chi connectivity index (χ3n) is 8.62. The maximum absolute atomic E-state index is 13.6. The van der Waals surface area contributed by atoms with E-state index in [0.717, 1.165) is 0 Å². The Morgan fingerprint density at radius 2 is 0.965 bits per heavy atom. The van der Waals surface area contributed by atoms with Gasteiger partial charge in [-0.05, 0) is 30.6 Å². The molecule has 21 nitrogen and oxygen atoms in total. The standard InChI is InChI=1S/C34H58N8O13S2/c1-7-17(6)27(42-28(48)18(35)13-56)31(51)36-12-22(43)37-19(8-10-23(44)45)29(49)40-25(15(2)3)32(52)38-20(9-11-24(46)47)30(50)41-26(16(4)5)33(53)39-21(14-57)34(54)55/h15-21,25-27,56-57H,7-14,35H2,1-6H3,(H,36,51)(H,37,43)(H,38,52)(H,39,53)(H,40,49)(H,41,50)(H,42,48)(H,44,45)(H,46,47)(H,54,55)/t17-,18-,19-,20-,21-,25-,26-,27-/m0/s1. The van der Waals surface area contributed by atoms with Crippen molar-refractivity contribution in [3.05, 3.63) is 0 Å². The van der Waals surface area contributed by atoms with Gasteiger partial charge in [0.05, 0.1) is 12.6 Å². The molecule has 0 spiro atoms. The van der Waals surface area contributed by atoms with E-state index in [1.807, 2.05) is 0 Å². The zero-order chi connectivity index (χ0) is 44.2. The minimum atomic E-state index is -1.57. The molecule has 0 unspecified atom stereocenters. The van der Waals surface area contributed by atoms with Crippen LogP contribution in [-0.2, 0) is 47.9 Å². The second-order valence-electron chi connectivity index (χ2n) is 14.0. The van der Waals surface area contributed by atoms with Crippen LogP contribution in [0.2, 0.25) is 0 Å². The molecule has 7 amide bonds. The van der Waals surface area contributed by atoms with Gasteiger partial charge in [0.1, 0.15) is 36.3 Å². The Balaban J connectivity index is 6.11. The highest BCUT2D eigenvalue weighted by Crippen LogP contribution is 2.11. The number of hydrogen-bond acceptors (Lipinski definition) is 13. The molecule has 0 radical (unpaired) electrons. The van der Waals surface area contributed by atoms with E-state index in [9.17, 15) is 63.3 Å². The number of aliphatic carboxylic acids is 3. The van der Waals surface area contributed by atoms with Crippen molar-refractivity contribution in [1.82, 2.24) is 37.2 Å². The van der Waals surface area contributed by atoms with E-state index >= 15 is 0 Å². The van der Waals surface area contributed by atoms with E-state index in [-0.39, 0.29) is 17.4 Å². The normalized spacial score (nSPS) is 15.3. The second-order valence-corrected chi connectivity index (χ2v) is 14.7. The van der Waals surface area contributed by atoms with Crippen LogP contribution in [0.25, 0.3) is 0 Å². The number of carbonyl (C=O) groups is 10. The van der Waals surface area contributed by atoms with Gasteiger partial charge in [0, 0.05) is 24.3 Å². The highest BCUT2D eigenvalue weighted by atomic mass is 32.1. The lowest BCUT2D eigenvalue weighted by Gasteiger charge is -2.29. The Morgan fingerprint density at radius 1 is 0.544 bits per heavy atom. The number of thiol groups is 2. The average Bonchev–Trinajstić information content (AvgIpc) is 3.14. The Kier molecular flexibility index (Phi) is 24.2. The largest absolute Gasteiger partial charge is 0.481 e. The first-order valence-corrected chi connectivity index (χ1v) is 19.5. The summed E-state index contributed by atoms with van der Waals surface area (Å²) in [6.45, 7) is 8.92. The van der Waals surface area contributed by atoms with E-state index in [1.54, 1.807) is 27.7 Å². The summed E-state index contributed by atoms with van der Waals surface area (Å²) in [6.07, 6.45) is -1.64. The van der Waals surface area contributed by atoms with Crippen LogP contribution in [0.5, 0.6) is 0 Å². The van der Waals surface area contributed by atoms with Crippen LogP contribution in [0.15, 0.2) is 0 Å². The average molecular weight is 851 g/mol. The topological polar surface area (TPSA) is 342 Å². The number of nitrogens with one attached hydrogen (secondary N) is 7. The third kappa shape index (κ3) is 19.4. The minimum absolute atomic E-state index is 0.0107. The van der Waals surface area contributed by atoms with Gasteiger partial charge in [-0.15, -0.1) is 0 Å². The molecule has 23 heteroatoms. The number of amides is 7. The van der Waals surface area contributed by atoms with Crippen LogP contribution in [0, 0.1) is 17.8 Å². The van der Waals surface area contributed by atoms with E-state index in [1.165, 1.54) is 13.8 Å². The van der Waals surface area contributed by atoms with Crippen molar-refractivity contribution in [2.24, 2.45) is 23.5 Å². The van der Waals surface area contributed by atoms with E-state index in [2.05, 4.69) is 62.5 Å². The molecule has 0 aliphatic rings. The van der Waals surface area contributed by atoms with Crippen LogP contribution < -0.4 is 43.0 Å². The predicted octanol–water partition coefficient (Wildman–Crippen LogP) is -2.63. The molecule has 0 aromatic rings. The van der Waals surface area contributed by atoms with Crippen molar-refractivity contribution < 1.29 is 63.3 Å². The van der Waals surface area contributed by atoms with Gasteiger partial charge in [-0.2, -0.15) is 25.3 Å². The second kappa shape index (κ2) is 26.3. The molecule has 0 saturated heterocycles. The fourth-order valence-corrected chi connectivity index (χ4v) is 5.34. The molecular formula is C34H58N8O13S2. The van der Waals surface area contributed by atoms with E-state index in [4.69, 9.17) is 5.73 Å². The van der Waals surface area contributed by atoms with Crippen molar-refractivity contribution in [1.29, 1.82) is 0 Å². The van der Waals surface area contributed by atoms with Crippen molar-refractivity contribution in [3.63, 3.8) is 0 Å². The first-order valence-electron chi connectivity index (χ1n) is 18.2. The van der Waals surface area contributed by atoms with Crippen LogP contribution >= 0.6 is 25.3 Å². The lowest BCUT2D eigenvalue weighted by molar-refractivity contribution is -0.142. The Labute approximate surface area is 341 Å². The van der Waals surface area contributed by atoms with Gasteiger partial charge in [0.15, 0.2) is 0 Å². The maximum Gasteiger partial charge on any atom is 0.327 e. The first kappa shape index (κ1) is 52.4.